The summed E-state index contributed by atoms with van der Waals surface area (Å²) in [5.74, 6) is 1.06. The monoisotopic (exact) mass is 289 g/mol. The number of rotatable bonds is 7. The Morgan fingerprint density at radius 3 is 2.61 bits per heavy atom. The fourth-order valence-electron chi connectivity index (χ4n) is 1.57. The summed E-state index contributed by atoms with van der Waals surface area (Å²) >= 11 is 12.1. The SMILES string of the molecule is CCCNCC(Oc1cccc(Cl)c1Cl)C(C)C. The highest BCUT2D eigenvalue weighted by Crippen LogP contribution is 2.32. The highest BCUT2D eigenvalue weighted by Gasteiger charge is 2.17. The van der Waals surface area contributed by atoms with Crippen LogP contribution in [0.15, 0.2) is 18.2 Å². The van der Waals surface area contributed by atoms with Crippen molar-refractivity contribution in [2.24, 2.45) is 5.92 Å². The van der Waals surface area contributed by atoms with E-state index in [2.05, 4.69) is 26.1 Å². The van der Waals surface area contributed by atoms with Crippen molar-refractivity contribution in [2.45, 2.75) is 33.3 Å². The van der Waals surface area contributed by atoms with E-state index in [4.69, 9.17) is 27.9 Å². The zero-order valence-electron chi connectivity index (χ0n) is 11.2. The van der Waals surface area contributed by atoms with Gasteiger partial charge in [0, 0.05) is 6.54 Å². The Morgan fingerprint density at radius 2 is 2.00 bits per heavy atom. The summed E-state index contributed by atoms with van der Waals surface area (Å²) < 4.78 is 5.96. The van der Waals surface area contributed by atoms with Gasteiger partial charge >= 0.3 is 0 Å². The standard InChI is InChI=1S/C14H21Cl2NO/c1-4-8-17-9-13(10(2)3)18-12-7-5-6-11(15)14(12)16/h5-7,10,13,17H,4,8-9H2,1-3H3. The molecule has 0 aliphatic heterocycles. The summed E-state index contributed by atoms with van der Waals surface area (Å²) in [6.07, 6.45) is 1.20. The summed E-state index contributed by atoms with van der Waals surface area (Å²) in [5, 5.41) is 4.38. The summed E-state index contributed by atoms with van der Waals surface area (Å²) in [5.41, 5.74) is 0. The van der Waals surface area contributed by atoms with Crippen LogP contribution in [0.4, 0.5) is 0 Å². The lowest BCUT2D eigenvalue weighted by Crippen LogP contribution is -2.35. The van der Waals surface area contributed by atoms with Gasteiger partial charge in [0.1, 0.15) is 16.9 Å². The van der Waals surface area contributed by atoms with Gasteiger partial charge in [0.05, 0.1) is 5.02 Å². The van der Waals surface area contributed by atoms with E-state index in [1.54, 1.807) is 6.07 Å². The van der Waals surface area contributed by atoms with Crippen molar-refractivity contribution in [3.8, 4) is 5.75 Å². The first-order valence-electron chi connectivity index (χ1n) is 6.37. The predicted octanol–water partition coefficient (Wildman–Crippen LogP) is 4.40. The van der Waals surface area contributed by atoms with Crippen LogP contribution in [0.2, 0.25) is 10.0 Å². The Hall–Kier alpha value is -0.440. The van der Waals surface area contributed by atoms with E-state index in [1.165, 1.54) is 0 Å². The molecule has 0 aliphatic carbocycles. The maximum Gasteiger partial charge on any atom is 0.139 e. The minimum absolute atomic E-state index is 0.0903. The van der Waals surface area contributed by atoms with Crippen LogP contribution in [0.3, 0.4) is 0 Å². The molecule has 18 heavy (non-hydrogen) atoms. The van der Waals surface area contributed by atoms with Crippen LogP contribution in [0, 0.1) is 5.92 Å². The molecule has 0 amide bonds. The molecule has 0 radical (unpaired) electrons. The first kappa shape index (κ1) is 15.6. The van der Waals surface area contributed by atoms with E-state index in [9.17, 15) is 0 Å². The van der Waals surface area contributed by atoms with Gasteiger partial charge in [-0.1, -0.05) is 50.0 Å². The second-order valence-corrected chi connectivity index (χ2v) is 5.44. The van der Waals surface area contributed by atoms with Crippen molar-refractivity contribution in [3.63, 3.8) is 0 Å². The molecule has 0 spiro atoms. The van der Waals surface area contributed by atoms with E-state index in [1.807, 2.05) is 12.1 Å². The molecule has 2 nitrogen and oxygen atoms in total. The second-order valence-electron chi connectivity index (χ2n) is 4.66. The lowest BCUT2D eigenvalue weighted by atomic mass is 10.1. The topological polar surface area (TPSA) is 21.3 Å². The molecule has 1 atom stereocenters. The Labute approximate surface area is 120 Å². The van der Waals surface area contributed by atoms with E-state index >= 15 is 0 Å². The Balaban J connectivity index is 2.68. The number of benzene rings is 1. The van der Waals surface area contributed by atoms with Crippen LogP contribution in [0.25, 0.3) is 0 Å². The number of nitrogens with one attached hydrogen (secondary N) is 1. The quantitative estimate of drug-likeness (QED) is 0.752. The molecule has 0 heterocycles. The summed E-state index contributed by atoms with van der Waals surface area (Å²) in [6.45, 7) is 8.23. The van der Waals surface area contributed by atoms with Crippen molar-refractivity contribution in [2.75, 3.05) is 13.1 Å². The third-order valence-corrected chi connectivity index (χ3v) is 3.51. The van der Waals surface area contributed by atoms with Gasteiger partial charge < -0.3 is 10.1 Å². The molecule has 0 aromatic heterocycles. The summed E-state index contributed by atoms with van der Waals surface area (Å²) in [7, 11) is 0. The smallest absolute Gasteiger partial charge is 0.139 e. The van der Waals surface area contributed by atoms with Crippen LogP contribution >= 0.6 is 23.2 Å². The fraction of sp³-hybridized carbons (Fsp3) is 0.571. The second kappa shape index (κ2) is 7.88. The van der Waals surface area contributed by atoms with Crippen LogP contribution < -0.4 is 10.1 Å². The lowest BCUT2D eigenvalue weighted by Gasteiger charge is -2.23. The maximum absolute atomic E-state index is 6.13. The zero-order valence-corrected chi connectivity index (χ0v) is 12.7. The summed E-state index contributed by atoms with van der Waals surface area (Å²) in [6, 6.07) is 5.46. The van der Waals surface area contributed by atoms with Gasteiger partial charge in [-0.3, -0.25) is 0 Å². The van der Waals surface area contributed by atoms with E-state index in [0.29, 0.717) is 21.7 Å². The van der Waals surface area contributed by atoms with E-state index in [0.717, 1.165) is 19.5 Å². The van der Waals surface area contributed by atoms with Gasteiger partial charge in [0.25, 0.3) is 0 Å². The Kier molecular flexibility index (Phi) is 6.83. The molecule has 0 bridgehead atoms. The lowest BCUT2D eigenvalue weighted by molar-refractivity contribution is 0.149. The van der Waals surface area contributed by atoms with Crippen molar-refractivity contribution in [1.29, 1.82) is 0 Å². The minimum atomic E-state index is 0.0903. The first-order valence-corrected chi connectivity index (χ1v) is 7.13. The molecule has 0 fully saturated rings. The third kappa shape index (κ3) is 4.68. The molecular weight excluding hydrogens is 269 g/mol. The molecule has 1 aromatic carbocycles. The van der Waals surface area contributed by atoms with Crippen LogP contribution in [0.1, 0.15) is 27.2 Å². The van der Waals surface area contributed by atoms with Crippen molar-refractivity contribution < 1.29 is 4.74 Å². The molecule has 102 valence electrons. The van der Waals surface area contributed by atoms with Crippen molar-refractivity contribution in [1.82, 2.24) is 5.32 Å². The van der Waals surface area contributed by atoms with Gasteiger partial charge in [0.2, 0.25) is 0 Å². The van der Waals surface area contributed by atoms with Crippen LogP contribution in [-0.2, 0) is 0 Å². The Morgan fingerprint density at radius 1 is 1.28 bits per heavy atom. The molecule has 1 N–H and O–H groups in total. The van der Waals surface area contributed by atoms with E-state index in [-0.39, 0.29) is 6.10 Å². The van der Waals surface area contributed by atoms with Gasteiger partial charge in [-0.2, -0.15) is 0 Å². The highest BCUT2D eigenvalue weighted by atomic mass is 35.5. The fourth-order valence-corrected chi connectivity index (χ4v) is 1.91. The summed E-state index contributed by atoms with van der Waals surface area (Å²) in [4.78, 5) is 0. The average molecular weight is 290 g/mol. The maximum atomic E-state index is 6.13. The van der Waals surface area contributed by atoms with Crippen LogP contribution in [-0.4, -0.2) is 19.2 Å². The first-order chi connectivity index (χ1) is 8.56. The molecule has 1 rings (SSSR count). The molecule has 0 saturated carbocycles. The Bertz CT molecular complexity index is 369. The normalized spacial score (nSPS) is 12.8. The van der Waals surface area contributed by atoms with Gasteiger partial charge in [0.15, 0.2) is 0 Å². The van der Waals surface area contributed by atoms with E-state index < -0.39 is 0 Å². The zero-order chi connectivity index (χ0) is 13.5. The molecule has 0 aliphatic rings. The third-order valence-electron chi connectivity index (χ3n) is 2.71. The van der Waals surface area contributed by atoms with Gasteiger partial charge in [-0.25, -0.2) is 0 Å². The van der Waals surface area contributed by atoms with Crippen LogP contribution in [0.5, 0.6) is 5.75 Å². The average Bonchev–Trinajstić information content (AvgIpc) is 2.33. The van der Waals surface area contributed by atoms with Gasteiger partial charge in [-0.15, -0.1) is 0 Å². The molecule has 1 unspecified atom stereocenters. The number of halogens is 2. The number of hydrogen-bond acceptors (Lipinski definition) is 2. The predicted molar refractivity (Wildman–Crippen MR) is 78.9 cm³/mol. The molecular formula is C14H21Cl2NO. The number of ether oxygens (including phenoxy) is 1. The van der Waals surface area contributed by atoms with Gasteiger partial charge in [-0.05, 0) is 31.0 Å². The molecule has 1 aromatic rings. The van der Waals surface area contributed by atoms with Crippen molar-refractivity contribution >= 4 is 23.2 Å². The molecule has 0 saturated heterocycles. The van der Waals surface area contributed by atoms with Crippen molar-refractivity contribution in [3.05, 3.63) is 28.2 Å². The minimum Gasteiger partial charge on any atom is -0.487 e. The largest absolute Gasteiger partial charge is 0.487 e. The number of hydrogen-bond donors (Lipinski definition) is 1. The molecule has 4 heteroatoms. The highest BCUT2D eigenvalue weighted by molar-refractivity contribution is 6.42.